The predicted octanol–water partition coefficient (Wildman–Crippen LogP) is 14.9. The number of benzene rings is 8. The van der Waals surface area contributed by atoms with E-state index in [2.05, 4.69) is 223 Å². The number of hydrogen-bond acceptors (Lipinski definition) is 3. The number of hydrogen-bond donors (Lipinski definition) is 0. The molecule has 0 unspecified atom stereocenters. The second kappa shape index (κ2) is 15.3. The first kappa shape index (κ1) is 37.6. The summed E-state index contributed by atoms with van der Waals surface area (Å²) in [6.45, 7) is 4.19. The molecule has 11 aromatic rings. The monoisotopic (exact) mass is 821 g/mol. The highest BCUT2D eigenvalue weighted by Gasteiger charge is 2.19. The Morgan fingerprint density at radius 3 is 1.45 bits per heavy atom. The molecule has 0 spiro atoms. The van der Waals surface area contributed by atoms with Gasteiger partial charge in [0.05, 0.1) is 22.1 Å². The van der Waals surface area contributed by atoms with Crippen molar-refractivity contribution in [2.24, 2.45) is 0 Å². The van der Waals surface area contributed by atoms with E-state index in [1.165, 1.54) is 77.0 Å². The van der Waals surface area contributed by atoms with Gasteiger partial charge < -0.3 is 9.13 Å². The van der Waals surface area contributed by atoms with Crippen molar-refractivity contribution >= 4 is 54.8 Å². The Kier molecular flexibility index (Phi) is 9.01. The Hall–Kier alpha value is -8.15. The van der Waals surface area contributed by atoms with Gasteiger partial charge in [0.15, 0.2) is 17.5 Å². The molecule has 3 heterocycles. The molecule has 5 heteroatoms. The van der Waals surface area contributed by atoms with Gasteiger partial charge in [-0.3, -0.25) is 0 Å². The Morgan fingerprint density at radius 2 is 0.859 bits per heavy atom. The molecule has 0 bridgehead atoms. The maximum absolute atomic E-state index is 5.06. The van der Waals surface area contributed by atoms with Gasteiger partial charge in [-0.2, -0.15) is 0 Å². The van der Waals surface area contributed by atoms with Gasteiger partial charge >= 0.3 is 0 Å². The van der Waals surface area contributed by atoms with Crippen molar-refractivity contribution in [3.8, 4) is 45.3 Å². The first-order valence-corrected chi connectivity index (χ1v) is 22.1. The predicted molar refractivity (Wildman–Crippen MR) is 266 cm³/mol. The largest absolute Gasteiger partial charge is 0.309 e. The molecule has 3 aromatic heterocycles. The lowest BCUT2D eigenvalue weighted by molar-refractivity contribution is 1.01. The molecule has 12 rings (SSSR count). The van der Waals surface area contributed by atoms with Crippen LogP contribution in [0, 0.1) is 13.8 Å². The second-order valence-corrected chi connectivity index (χ2v) is 17.0. The van der Waals surface area contributed by atoms with E-state index in [-0.39, 0.29) is 0 Å². The molecular weight excluding hydrogens is 779 g/mol. The van der Waals surface area contributed by atoms with E-state index in [1.807, 2.05) is 0 Å². The Balaban J connectivity index is 0.910. The minimum Gasteiger partial charge on any atom is -0.309 e. The van der Waals surface area contributed by atoms with Crippen LogP contribution in [0.5, 0.6) is 0 Å². The molecule has 0 fully saturated rings. The van der Waals surface area contributed by atoms with Crippen molar-refractivity contribution in [2.75, 3.05) is 0 Å². The molecule has 0 aliphatic heterocycles. The van der Waals surface area contributed by atoms with Gasteiger partial charge in [-0.25, -0.2) is 15.0 Å². The highest BCUT2D eigenvalue weighted by atomic mass is 15.0. The van der Waals surface area contributed by atoms with Crippen LogP contribution in [-0.2, 0) is 0 Å². The van der Waals surface area contributed by atoms with E-state index >= 15 is 0 Å². The lowest BCUT2D eigenvalue weighted by Crippen LogP contribution is -2.04. The topological polar surface area (TPSA) is 48.5 Å². The maximum Gasteiger partial charge on any atom is 0.164 e. The lowest BCUT2D eigenvalue weighted by atomic mass is 9.93. The highest BCUT2D eigenvalue weighted by molar-refractivity contribution is 6.11. The van der Waals surface area contributed by atoms with Crippen LogP contribution in [0.25, 0.3) is 100 Å². The van der Waals surface area contributed by atoms with Crippen molar-refractivity contribution in [1.82, 2.24) is 24.1 Å². The van der Waals surface area contributed by atoms with Crippen LogP contribution >= 0.6 is 0 Å². The number of nitrogens with zero attached hydrogens (tertiary/aromatic N) is 5. The Morgan fingerprint density at radius 1 is 0.375 bits per heavy atom. The van der Waals surface area contributed by atoms with Gasteiger partial charge in [0, 0.05) is 49.6 Å². The first-order chi connectivity index (χ1) is 31.5. The fourth-order valence-electron chi connectivity index (χ4n) is 9.53. The smallest absolute Gasteiger partial charge is 0.164 e. The van der Waals surface area contributed by atoms with E-state index in [0.717, 1.165) is 40.9 Å². The number of rotatable bonds is 7. The minimum absolute atomic E-state index is 0.677. The molecule has 1 aliphatic carbocycles. The van der Waals surface area contributed by atoms with E-state index in [0.29, 0.717) is 17.5 Å². The van der Waals surface area contributed by atoms with E-state index in [9.17, 15) is 0 Å². The normalized spacial score (nSPS) is 12.9. The van der Waals surface area contributed by atoms with Gasteiger partial charge in [0.2, 0.25) is 0 Å². The summed E-state index contributed by atoms with van der Waals surface area (Å²) in [5.74, 6) is 2.05. The Labute approximate surface area is 372 Å². The molecule has 64 heavy (non-hydrogen) atoms. The van der Waals surface area contributed by atoms with Crippen LogP contribution in [0.15, 0.2) is 200 Å². The molecule has 0 saturated heterocycles. The van der Waals surface area contributed by atoms with Crippen molar-refractivity contribution in [1.29, 1.82) is 0 Å². The third kappa shape index (κ3) is 6.52. The van der Waals surface area contributed by atoms with Crippen LogP contribution in [-0.4, -0.2) is 24.1 Å². The summed E-state index contributed by atoms with van der Waals surface area (Å²) in [5.41, 5.74) is 17.3. The summed E-state index contributed by atoms with van der Waals surface area (Å²) < 4.78 is 4.81. The average Bonchev–Trinajstić information content (AvgIpc) is 3.87. The SMILES string of the molecule is Cc1ccc(-c2nc(C3=CCCC(c4ccc(-n5c6ccccc6c6ccc(-c7cccc(-n8c9ccccc9c9ccccc98)c7)cc65)cc4)=C3)nc(-c3ccc(C)cc3)n2)cc1. The summed E-state index contributed by atoms with van der Waals surface area (Å²) in [6.07, 6.45) is 6.38. The van der Waals surface area contributed by atoms with Gasteiger partial charge in [-0.05, 0) is 104 Å². The molecule has 0 amide bonds. The number of fused-ring (bicyclic) bond motifs is 6. The standard InChI is InChI=1S/C59H43N5/c1-38-21-25-41(26-22-38)57-60-58(42-27-23-39(2)24-28-42)62-59(61-57)46-13-9-11-43(35-46)40-29-32-47(33-30-40)63-53-18-6-5-17-51(53)52-34-31-45(37-56(52)63)44-12-10-14-48(36-44)64-54-19-7-3-15-49(54)50-16-4-8-20-55(50)64/h3-8,10,12-37H,9,11H2,1-2H3. The quantitative estimate of drug-likeness (QED) is 0.161. The van der Waals surface area contributed by atoms with Gasteiger partial charge in [-0.1, -0.05) is 157 Å². The molecule has 0 N–H and O–H groups in total. The summed E-state index contributed by atoms with van der Waals surface area (Å²) in [4.78, 5) is 15.1. The van der Waals surface area contributed by atoms with Crippen molar-refractivity contribution < 1.29 is 0 Å². The number of allylic oxidation sites excluding steroid dienone is 4. The van der Waals surface area contributed by atoms with Crippen LogP contribution in [0.4, 0.5) is 0 Å². The van der Waals surface area contributed by atoms with Gasteiger partial charge in [0.1, 0.15) is 0 Å². The zero-order chi connectivity index (χ0) is 42.7. The fourth-order valence-corrected chi connectivity index (χ4v) is 9.53. The fraction of sp³-hybridized carbons (Fsp3) is 0.0678. The van der Waals surface area contributed by atoms with E-state index < -0.39 is 0 Å². The van der Waals surface area contributed by atoms with Crippen LogP contribution in [0.1, 0.15) is 35.4 Å². The molecule has 304 valence electrons. The summed E-state index contributed by atoms with van der Waals surface area (Å²) in [5, 5.41) is 5.00. The molecular formula is C59H43N5. The first-order valence-electron chi connectivity index (χ1n) is 22.1. The highest BCUT2D eigenvalue weighted by Crippen LogP contribution is 2.38. The number of para-hydroxylation sites is 3. The summed E-state index contributed by atoms with van der Waals surface area (Å²) >= 11 is 0. The maximum atomic E-state index is 5.06. The molecule has 0 saturated carbocycles. The van der Waals surface area contributed by atoms with Crippen molar-refractivity contribution in [3.05, 3.63) is 223 Å². The second-order valence-electron chi connectivity index (χ2n) is 17.0. The average molecular weight is 822 g/mol. The van der Waals surface area contributed by atoms with Gasteiger partial charge in [-0.15, -0.1) is 0 Å². The van der Waals surface area contributed by atoms with Gasteiger partial charge in [0.25, 0.3) is 0 Å². The van der Waals surface area contributed by atoms with Crippen LogP contribution in [0.2, 0.25) is 0 Å². The molecule has 0 atom stereocenters. The zero-order valence-corrected chi connectivity index (χ0v) is 35.7. The molecule has 8 aromatic carbocycles. The third-order valence-corrected chi connectivity index (χ3v) is 12.8. The lowest BCUT2D eigenvalue weighted by Gasteiger charge is -2.16. The van der Waals surface area contributed by atoms with E-state index in [1.54, 1.807) is 0 Å². The minimum atomic E-state index is 0.677. The van der Waals surface area contributed by atoms with Crippen LogP contribution in [0.3, 0.4) is 0 Å². The molecule has 0 radical (unpaired) electrons. The summed E-state index contributed by atoms with van der Waals surface area (Å²) in [6, 6.07) is 67.9. The Bertz CT molecular complexity index is 3540. The molecule has 1 aliphatic rings. The van der Waals surface area contributed by atoms with E-state index in [4.69, 9.17) is 15.0 Å². The third-order valence-electron chi connectivity index (χ3n) is 12.8. The number of aryl methyl sites for hydroxylation is 2. The number of aromatic nitrogens is 5. The zero-order valence-electron chi connectivity index (χ0n) is 35.7. The summed E-state index contributed by atoms with van der Waals surface area (Å²) in [7, 11) is 0. The molecule has 5 nitrogen and oxygen atoms in total. The van der Waals surface area contributed by atoms with Crippen molar-refractivity contribution in [3.63, 3.8) is 0 Å². The van der Waals surface area contributed by atoms with Crippen molar-refractivity contribution in [2.45, 2.75) is 26.7 Å². The van der Waals surface area contributed by atoms with Crippen LogP contribution < -0.4 is 0 Å².